The van der Waals surface area contributed by atoms with Crippen LogP contribution in [0.3, 0.4) is 0 Å². The van der Waals surface area contributed by atoms with Crippen LogP contribution in [0.1, 0.15) is 30.1 Å². The second-order valence-electron chi connectivity index (χ2n) is 4.04. The molecule has 1 N–H and O–H groups in total. The van der Waals surface area contributed by atoms with E-state index in [9.17, 15) is 4.79 Å². The van der Waals surface area contributed by atoms with Crippen LogP contribution in [0.2, 0.25) is 5.02 Å². The number of hydrogen-bond donors (Lipinski definition) is 1. The summed E-state index contributed by atoms with van der Waals surface area (Å²) in [6.45, 7) is 2.06. The van der Waals surface area contributed by atoms with Gasteiger partial charge in [-0.05, 0) is 50.1 Å². The first kappa shape index (κ1) is 11.9. The lowest BCUT2D eigenvalue weighted by Gasteiger charge is -2.00. The number of allylic oxidation sites excluding steroid dienone is 2. The monoisotopic (exact) mass is 248 g/mol. The van der Waals surface area contributed by atoms with Gasteiger partial charge in [-0.15, -0.1) is 0 Å². The van der Waals surface area contributed by atoms with Gasteiger partial charge in [0, 0.05) is 10.6 Å². The fourth-order valence-electron chi connectivity index (χ4n) is 1.63. The van der Waals surface area contributed by atoms with Gasteiger partial charge < -0.3 is 0 Å². The van der Waals surface area contributed by atoms with E-state index in [1.165, 1.54) is 5.57 Å². The number of nitrogens with zero attached hydrogens (tertiary/aromatic N) is 1. The first-order valence-electron chi connectivity index (χ1n) is 5.45. The topological polar surface area (TPSA) is 41.5 Å². The van der Waals surface area contributed by atoms with Crippen LogP contribution in [0.5, 0.6) is 0 Å². The molecule has 1 aliphatic carbocycles. The van der Waals surface area contributed by atoms with Crippen molar-refractivity contribution in [3.63, 3.8) is 0 Å². The van der Waals surface area contributed by atoms with Gasteiger partial charge in [-0.3, -0.25) is 4.79 Å². The molecule has 1 aromatic rings. The van der Waals surface area contributed by atoms with E-state index in [-0.39, 0.29) is 5.91 Å². The summed E-state index contributed by atoms with van der Waals surface area (Å²) >= 11 is 5.75. The summed E-state index contributed by atoms with van der Waals surface area (Å²) in [5.74, 6) is -0.216. The maximum atomic E-state index is 11.7. The maximum absolute atomic E-state index is 11.7. The number of amides is 1. The zero-order valence-corrected chi connectivity index (χ0v) is 10.3. The van der Waals surface area contributed by atoms with Gasteiger partial charge in [0.25, 0.3) is 5.91 Å². The molecule has 1 amide bonds. The highest BCUT2D eigenvalue weighted by molar-refractivity contribution is 6.30. The van der Waals surface area contributed by atoms with E-state index < -0.39 is 0 Å². The number of carbonyl (C=O) groups excluding carboxylic acids is 1. The molecule has 17 heavy (non-hydrogen) atoms. The smallest absolute Gasteiger partial charge is 0.267 e. The van der Waals surface area contributed by atoms with Crippen molar-refractivity contribution in [2.24, 2.45) is 5.10 Å². The third kappa shape index (κ3) is 3.17. The Morgan fingerprint density at radius 2 is 2.00 bits per heavy atom. The second-order valence-corrected chi connectivity index (χ2v) is 4.48. The van der Waals surface area contributed by atoms with E-state index in [1.807, 2.05) is 6.08 Å². The van der Waals surface area contributed by atoms with Crippen molar-refractivity contribution in [1.82, 2.24) is 5.43 Å². The fraction of sp³-hybridized carbons (Fsp3) is 0.231. The van der Waals surface area contributed by atoms with Crippen molar-refractivity contribution < 1.29 is 4.79 Å². The minimum absolute atomic E-state index is 0.216. The third-order valence-electron chi connectivity index (χ3n) is 2.60. The molecule has 0 fully saturated rings. The molecule has 0 bridgehead atoms. The van der Waals surface area contributed by atoms with Crippen molar-refractivity contribution in [1.29, 1.82) is 0 Å². The Labute approximate surface area is 105 Å². The van der Waals surface area contributed by atoms with Crippen LogP contribution in [-0.2, 0) is 0 Å². The average Bonchev–Trinajstić information content (AvgIpc) is 2.73. The molecule has 1 aromatic carbocycles. The number of hydrazone groups is 1. The van der Waals surface area contributed by atoms with Crippen molar-refractivity contribution >= 4 is 23.2 Å². The third-order valence-corrected chi connectivity index (χ3v) is 2.85. The standard InChI is InChI=1S/C13H13ClN2O/c1-9-2-7-12(8-9)15-16-13(17)10-3-5-11(14)6-4-10/h3-6,8H,2,7H2,1H3,(H,16,17)/b15-12+. The Balaban J connectivity index is 2.00. The highest BCUT2D eigenvalue weighted by Crippen LogP contribution is 2.14. The molecule has 0 saturated carbocycles. The zero-order valence-electron chi connectivity index (χ0n) is 9.53. The summed E-state index contributed by atoms with van der Waals surface area (Å²) in [4.78, 5) is 11.7. The minimum Gasteiger partial charge on any atom is -0.267 e. The Bertz CT molecular complexity index is 489. The van der Waals surface area contributed by atoms with Crippen LogP contribution in [0.4, 0.5) is 0 Å². The van der Waals surface area contributed by atoms with Gasteiger partial charge in [-0.25, -0.2) is 5.43 Å². The molecule has 0 radical (unpaired) electrons. The summed E-state index contributed by atoms with van der Waals surface area (Å²) in [5, 5.41) is 4.69. The number of carbonyl (C=O) groups is 1. The van der Waals surface area contributed by atoms with Gasteiger partial charge in [0.1, 0.15) is 0 Å². The van der Waals surface area contributed by atoms with Crippen LogP contribution < -0.4 is 5.43 Å². The Morgan fingerprint density at radius 3 is 2.59 bits per heavy atom. The molecule has 0 atom stereocenters. The zero-order chi connectivity index (χ0) is 12.3. The Morgan fingerprint density at radius 1 is 1.29 bits per heavy atom. The van der Waals surface area contributed by atoms with E-state index in [1.54, 1.807) is 24.3 Å². The summed E-state index contributed by atoms with van der Waals surface area (Å²) < 4.78 is 0. The molecule has 1 aliphatic rings. The molecule has 0 saturated heterocycles. The number of halogens is 1. The van der Waals surface area contributed by atoms with Gasteiger partial charge in [0.2, 0.25) is 0 Å². The number of rotatable bonds is 2. The summed E-state index contributed by atoms with van der Waals surface area (Å²) in [6.07, 6.45) is 3.92. The summed E-state index contributed by atoms with van der Waals surface area (Å²) in [7, 11) is 0. The molecule has 2 rings (SSSR count). The molecule has 3 nitrogen and oxygen atoms in total. The lowest BCUT2D eigenvalue weighted by Crippen LogP contribution is -2.18. The predicted molar refractivity (Wildman–Crippen MR) is 69.3 cm³/mol. The van der Waals surface area contributed by atoms with E-state index in [4.69, 9.17) is 11.6 Å². The number of hydrogen-bond acceptors (Lipinski definition) is 2. The quantitative estimate of drug-likeness (QED) is 0.803. The average molecular weight is 249 g/mol. The molecule has 0 aliphatic heterocycles. The van der Waals surface area contributed by atoms with Gasteiger partial charge in [-0.2, -0.15) is 5.10 Å². The van der Waals surface area contributed by atoms with Gasteiger partial charge in [0.05, 0.1) is 5.71 Å². The van der Waals surface area contributed by atoms with Gasteiger partial charge >= 0.3 is 0 Å². The van der Waals surface area contributed by atoms with Crippen LogP contribution in [-0.4, -0.2) is 11.6 Å². The number of nitrogens with one attached hydrogen (secondary N) is 1. The first-order valence-corrected chi connectivity index (χ1v) is 5.82. The van der Waals surface area contributed by atoms with Crippen molar-refractivity contribution in [3.05, 3.63) is 46.5 Å². The molecule has 0 aromatic heterocycles. The van der Waals surface area contributed by atoms with Gasteiger partial charge in [0.15, 0.2) is 0 Å². The van der Waals surface area contributed by atoms with Crippen LogP contribution in [0, 0.1) is 0 Å². The van der Waals surface area contributed by atoms with E-state index in [0.717, 1.165) is 18.6 Å². The molecule has 88 valence electrons. The lowest BCUT2D eigenvalue weighted by molar-refractivity contribution is 0.0955. The molecule has 0 heterocycles. The predicted octanol–water partition coefficient (Wildman–Crippen LogP) is 3.17. The largest absolute Gasteiger partial charge is 0.271 e. The molecular formula is C13H13ClN2O. The normalized spacial score (nSPS) is 17.1. The SMILES string of the molecule is CC1=C/C(=N/NC(=O)c2ccc(Cl)cc2)CC1. The van der Waals surface area contributed by atoms with Crippen LogP contribution >= 0.6 is 11.6 Å². The highest BCUT2D eigenvalue weighted by Gasteiger charge is 2.08. The molecular weight excluding hydrogens is 236 g/mol. The second kappa shape index (κ2) is 5.15. The maximum Gasteiger partial charge on any atom is 0.271 e. The summed E-state index contributed by atoms with van der Waals surface area (Å²) in [5.41, 5.74) is 5.31. The van der Waals surface area contributed by atoms with Gasteiger partial charge in [-0.1, -0.05) is 17.2 Å². The van der Waals surface area contributed by atoms with E-state index in [0.29, 0.717) is 10.6 Å². The molecule has 0 spiro atoms. The molecule has 4 heteroatoms. The number of benzene rings is 1. The van der Waals surface area contributed by atoms with Crippen molar-refractivity contribution in [2.75, 3.05) is 0 Å². The first-order chi connectivity index (χ1) is 8.15. The van der Waals surface area contributed by atoms with Crippen molar-refractivity contribution in [2.45, 2.75) is 19.8 Å². The van der Waals surface area contributed by atoms with Crippen LogP contribution in [0.25, 0.3) is 0 Å². The van der Waals surface area contributed by atoms with E-state index in [2.05, 4.69) is 17.5 Å². The minimum atomic E-state index is -0.216. The van der Waals surface area contributed by atoms with Crippen molar-refractivity contribution in [3.8, 4) is 0 Å². The fourth-order valence-corrected chi connectivity index (χ4v) is 1.76. The Kier molecular flexibility index (Phi) is 3.59. The highest BCUT2D eigenvalue weighted by atomic mass is 35.5. The van der Waals surface area contributed by atoms with Crippen LogP contribution in [0.15, 0.2) is 41.0 Å². The Hall–Kier alpha value is -1.61. The lowest BCUT2D eigenvalue weighted by atomic mass is 10.2. The molecule has 0 unspecified atom stereocenters. The summed E-state index contributed by atoms with van der Waals surface area (Å²) in [6, 6.07) is 6.72. The van der Waals surface area contributed by atoms with E-state index >= 15 is 0 Å².